The highest BCUT2D eigenvalue weighted by Gasteiger charge is 2.34. The molecule has 2 amide bonds. The quantitative estimate of drug-likeness (QED) is 0.662. The van der Waals surface area contributed by atoms with Crippen LogP contribution in [-0.2, 0) is 9.53 Å². The number of methoxy groups -OCH3 is 1. The first-order valence-electron chi connectivity index (χ1n) is 10.8. The van der Waals surface area contributed by atoms with Crippen LogP contribution in [0.1, 0.15) is 59.2 Å². The fourth-order valence-corrected chi connectivity index (χ4v) is 4.43. The van der Waals surface area contributed by atoms with E-state index in [4.69, 9.17) is 4.74 Å². The first-order valence-corrected chi connectivity index (χ1v) is 10.8. The third-order valence-electron chi connectivity index (χ3n) is 6.15. The lowest BCUT2D eigenvalue weighted by molar-refractivity contribution is -0.123. The maximum Gasteiger partial charge on any atom is 0.338 e. The molecule has 0 saturated heterocycles. The van der Waals surface area contributed by atoms with E-state index in [1.807, 2.05) is 24.3 Å². The number of rotatable bonds is 7. The van der Waals surface area contributed by atoms with Crippen LogP contribution >= 0.6 is 0 Å². The maximum atomic E-state index is 13.2. The minimum Gasteiger partial charge on any atom is -0.465 e. The third kappa shape index (κ3) is 5.32. The molecule has 1 aliphatic rings. The Labute approximate surface area is 183 Å². The van der Waals surface area contributed by atoms with Gasteiger partial charge in [-0.05, 0) is 41.5 Å². The monoisotopic (exact) mass is 422 g/mol. The summed E-state index contributed by atoms with van der Waals surface area (Å²) in [5.41, 5.74) is 2.01. The molecule has 0 heterocycles. The van der Waals surface area contributed by atoms with Gasteiger partial charge in [0.1, 0.15) is 0 Å². The van der Waals surface area contributed by atoms with Gasteiger partial charge < -0.3 is 15.4 Å². The molecule has 0 radical (unpaired) electrons. The first kappa shape index (κ1) is 22.5. The van der Waals surface area contributed by atoms with E-state index >= 15 is 0 Å². The summed E-state index contributed by atoms with van der Waals surface area (Å²) in [5.74, 6) is -0.654. The van der Waals surface area contributed by atoms with Crippen molar-refractivity contribution in [2.45, 2.75) is 38.5 Å². The lowest BCUT2D eigenvalue weighted by Crippen LogP contribution is -2.42. The molecule has 0 aliphatic heterocycles. The van der Waals surface area contributed by atoms with E-state index in [1.54, 1.807) is 31.3 Å². The van der Waals surface area contributed by atoms with Crippen LogP contribution in [0.25, 0.3) is 11.1 Å². The lowest BCUT2D eigenvalue weighted by Gasteiger charge is -2.37. The van der Waals surface area contributed by atoms with Crippen molar-refractivity contribution >= 4 is 17.8 Å². The Morgan fingerprint density at radius 2 is 1.48 bits per heavy atom. The number of esters is 1. The summed E-state index contributed by atoms with van der Waals surface area (Å²) >= 11 is 0. The Bertz CT molecular complexity index is 948. The second-order valence-electron chi connectivity index (χ2n) is 8.18. The van der Waals surface area contributed by atoms with Crippen LogP contribution in [0.2, 0.25) is 0 Å². The number of nitrogens with one attached hydrogen (secondary N) is 2. The number of ether oxygens (including phenoxy) is 1. The summed E-state index contributed by atoms with van der Waals surface area (Å²) in [6, 6.07) is 14.3. The molecule has 1 saturated carbocycles. The number of hydrogen-bond donors (Lipinski definition) is 2. The van der Waals surface area contributed by atoms with E-state index in [0.717, 1.165) is 32.1 Å². The van der Waals surface area contributed by atoms with Crippen LogP contribution in [-0.4, -0.2) is 38.5 Å². The standard InChI is InChI=1S/C25H30N2O4/c1-26-22(28)16-25(14-8-3-9-15-25)17-27-23(29)20-12-6-4-10-18(20)19-11-5-7-13-21(19)24(30)31-2/h4-7,10-13H,3,8-9,14-17H2,1-2H3,(H,26,28)(H,27,29). The number of benzene rings is 2. The number of carbonyl (C=O) groups is 3. The smallest absolute Gasteiger partial charge is 0.338 e. The zero-order valence-corrected chi connectivity index (χ0v) is 18.2. The Hall–Kier alpha value is -3.15. The first-order chi connectivity index (χ1) is 15.0. The largest absolute Gasteiger partial charge is 0.465 e. The van der Waals surface area contributed by atoms with Crippen molar-refractivity contribution in [1.82, 2.24) is 10.6 Å². The highest BCUT2D eigenvalue weighted by Crippen LogP contribution is 2.39. The average molecular weight is 423 g/mol. The molecule has 0 bridgehead atoms. The van der Waals surface area contributed by atoms with Crippen LogP contribution < -0.4 is 10.6 Å². The number of carbonyl (C=O) groups excluding carboxylic acids is 3. The molecule has 6 heteroatoms. The molecule has 0 atom stereocenters. The van der Waals surface area contributed by atoms with Gasteiger partial charge in [-0.15, -0.1) is 0 Å². The van der Waals surface area contributed by atoms with Gasteiger partial charge in [-0.25, -0.2) is 4.79 Å². The normalized spacial score (nSPS) is 15.0. The summed E-state index contributed by atoms with van der Waals surface area (Å²) in [6.45, 7) is 0.451. The molecule has 2 aromatic carbocycles. The number of amides is 2. The fraction of sp³-hybridized carbons (Fsp3) is 0.400. The Morgan fingerprint density at radius 3 is 2.10 bits per heavy atom. The highest BCUT2D eigenvalue weighted by molar-refractivity contribution is 6.05. The van der Waals surface area contributed by atoms with E-state index in [0.29, 0.717) is 35.2 Å². The fourth-order valence-electron chi connectivity index (χ4n) is 4.43. The molecule has 1 fully saturated rings. The Balaban J connectivity index is 1.85. The maximum absolute atomic E-state index is 13.2. The predicted molar refractivity (Wildman–Crippen MR) is 120 cm³/mol. The SMILES string of the molecule is CNC(=O)CC1(CNC(=O)c2ccccc2-c2ccccc2C(=O)OC)CCCCC1. The van der Waals surface area contributed by atoms with Gasteiger partial charge in [0.2, 0.25) is 5.91 Å². The molecule has 164 valence electrons. The topological polar surface area (TPSA) is 84.5 Å². The van der Waals surface area contributed by atoms with E-state index in [1.165, 1.54) is 7.11 Å². The van der Waals surface area contributed by atoms with E-state index in [2.05, 4.69) is 10.6 Å². The van der Waals surface area contributed by atoms with Crippen LogP contribution in [0, 0.1) is 5.41 Å². The molecule has 2 N–H and O–H groups in total. The minimum absolute atomic E-state index is 0.00329. The van der Waals surface area contributed by atoms with Crippen LogP contribution in [0.15, 0.2) is 48.5 Å². The second-order valence-corrected chi connectivity index (χ2v) is 8.18. The van der Waals surface area contributed by atoms with Gasteiger partial charge in [0.05, 0.1) is 12.7 Å². The molecule has 3 rings (SSSR count). The molecule has 2 aromatic rings. The molecule has 6 nitrogen and oxygen atoms in total. The summed E-state index contributed by atoms with van der Waals surface area (Å²) in [7, 11) is 2.99. The molecule has 0 spiro atoms. The van der Waals surface area contributed by atoms with Gasteiger partial charge in [0, 0.05) is 25.6 Å². The molecular formula is C25H30N2O4. The van der Waals surface area contributed by atoms with Gasteiger partial charge in [0.25, 0.3) is 5.91 Å². The Kier molecular flexibility index (Phi) is 7.45. The van der Waals surface area contributed by atoms with E-state index in [9.17, 15) is 14.4 Å². The molecule has 0 aromatic heterocycles. The summed E-state index contributed by atoms with van der Waals surface area (Å²) < 4.78 is 4.91. The van der Waals surface area contributed by atoms with E-state index < -0.39 is 5.97 Å². The highest BCUT2D eigenvalue weighted by atomic mass is 16.5. The predicted octanol–water partition coefficient (Wildman–Crippen LogP) is 3.96. The summed E-state index contributed by atoms with van der Waals surface area (Å²) in [4.78, 5) is 37.5. The minimum atomic E-state index is -0.447. The average Bonchev–Trinajstić information content (AvgIpc) is 2.82. The summed E-state index contributed by atoms with van der Waals surface area (Å²) in [6.07, 6.45) is 5.56. The van der Waals surface area contributed by atoms with Crippen LogP contribution in [0.3, 0.4) is 0 Å². The van der Waals surface area contributed by atoms with Crippen LogP contribution in [0.5, 0.6) is 0 Å². The molecule has 0 unspecified atom stereocenters. The van der Waals surface area contributed by atoms with Crippen molar-refractivity contribution in [2.24, 2.45) is 5.41 Å². The zero-order chi connectivity index (χ0) is 22.3. The van der Waals surface area contributed by atoms with Gasteiger partial charge in [-0.3, -0.25) is 9.59 Å². The van der Waals surface area contributed by atoms with Crippen molar-refractivity contribution in [3.8, 4) is 11.1 Å². The third-order valence-corrected chi connectivity index (χ3v) is 6.15. The van der Waals surface area contributed by atoms with E-state index in [-0.39, 0.29) is 17.2 Å². The van der Waals surface area contributed by atoms with Gasteiger partial charge in [-0.1, -0.05) is 55.7 Å². The van der Waals surface area contributed by atoms with Gasteiger partial charge in [0.15, 0.2) is 0 Å². The van der Waals surface area contributed by atoms with Crippen molar-refractivity contribution in [1.29, 1.82) is 0 Å². The molecular weight excluding hydrogens is 392 g/mol. The molecule has 1 aliphatic carbocycles. The van der Waals surface area contributed by atoms with Crippen LogP contribution in [0.4, 0.5) is 0 Å². The van der Waals surface area contributed by atoms with Gasteiger partial charge in [-0.2, -0.15) is 0 Å². The molecule has 31 heavy (non-hydrogen) atoms. The summed E-state index contributed by atoms with van der Waals surface area (Å²) in [5, 5.41) is 5.79. The lowest BCUT2D eigenvalue weighted by atomic mass is 9.71. The van der Waals surface area contributed by atoms with Crippen molar-refractivity contribution in [3.05, 3.63) is 59.7 Å². The van der Waals surface area contributed by atoms with Crippen molar-refractivity contribution in [2.75, 3.05) is 20.7 Å². The number of hydrogen-bond acceptors (Lipinski definition) is 4. The Morgan fingerprint density at radius 1 is 0.903 bits per heavy atom. The van der Waals surface area contributed by atoms with Crippen molar-refractivity contribution in [3.63, 3.8) is 0 Å². The zero-order valence-electron chi connectivity index (χ0n) is 18.2. The second kappa shape index (κ2) is 10.2. The van der Waals surface area contributed by atoms with Gasteiger partial charge >= 0.3 is 5.97 Å². The van der Waals surface area contributed by atoms with Crippen molar-refractivity contribution < 1.29 is 19.1 Å².